The molecule has 21 nitrogen and oxygen atoms in total. The number of hydrogen-bond donors (Lipinski definition) is 10. The van der Waals surface area contributed by atoms with Crippen LogP contribution in [0.1, 0.15) is 71.3 Å². The number of para-hydroxylation sites is 1. The van der Waals surface area contributed by atoms with Crippen molar-refractivity contribution in [2.24, 2.45) is 27.9 Å². The monoisotopic (exact) mass is 905 g/mol. The Morgan fingerprint density at radius 1 is 0.968 bits per heavy atom. The van der Waals surface area contributed by atoms with Crippen LogP contribution in [-0.4, -0.2) is 135 Å². The molecule has 1 fully saturated rings. The fraction of sp³-hybridized carbons (Fsp3) is 0.564. The van der Waals surface area contributed by atoms with Crippen LogP contribution in [0.2, 0.25) is 0 Å². The summed E-state index contributed by atoms with van der Waals surface area (Å²) >= 11 is 0. The molecule has 23 heteroatoms. The highest BCUT2D eigenvalue weighted by Crippen LogP contribution is 2.25. The number of rotatable bonds is 25. The Bertz CT molecular complexity index is 1940. The third-order valence-corrected chi connectivity index (χ3v) is 11.8. The number of amides is 6. The van der Waals surface area contributed by atoms with Gasteiger partial charge in [-0.05, 0) is 64.5 Å². The molecule has 1 aliphatic heterocycles. The highest BCUT2D eigenvalue weighted by molar-refractivity contribution is 8.76. The van der Waals surface area contributed by atoms with Crippen LogP contribution < -0.4 is 44.2 Å². The summed E-state index contributed by atoms with van der Waals surface area (Å²) in [6, 6.07) is 1.28. The van der Waals surface area contributed by atoms with Crippen molar-refractivity contribution < 1.29 is 48.2 Å². The molecule has 1 aliphatic rings. The topological polar surface area (TPSA) is 350 Å². The number of likely N-dealkylation sites (tertiary alicyclic amines) is 1. The Morgan fingerprint density at radius 2 is 1.69 bits per heavy atom. The zero-order valence-electron chi connectivity index (χ0n) is 35.1. The van der Waals surface area contributed by atoms with Gasteiger partial charge >= 0.3 is 11.9 Å². The molecule has 1 saturated heterocycles. The van der Waals surface area contributed by atoms with Crippen molar-refractivity contribution in [2.75, 3.05) is 31.1 Å². The zero-order chi connectivity index (χ0) is 46.0. The minimum Gasteiger partial charge on any atom is -0.481 e. The molecule has 6 amide bonds. The highest BCUT2D eigenvalue weighted by atomic mass is 33.1. The number of aromatic nitrogens is 1. The van der Waals surface area contributed by atoms with Crippen molar-refractivity contribution in [2.45, 2.75) is 108 Å². The maximum Gasteiger partial charge on any atom is 0.308 e. The predicted octanol–water partition coefficient (Wildman–Crippen LogP) is -0.884. The van der Waals surface area contributed by atoms with Gasteiger partial charge in [-0.2, -0.15) is 0 Å². The lowest BCUT2D eigenvalue weighted by molar-refractivity contribution is -0.156. The molecule has 62 heavy (non-hydrogen) atoms. The minimum atomic E-state index is -1.57. The second-order valence-corrected chi connectivity index (χ2v) is 18.2. The highest BCUT2D eigenvalue weighted by Gasteiger charge is 2.40. The quantitative estimate of drug-likeness (QED) is 0.0190. The molecule has 0 unspecified atom stereocenters. The number of H-pyrrole nitrogens is 1. The molecule has 5 atom stereocenters. The number of nitrogens with two attached hydrogens (primary N) is 4. The molecule has 0 saturated carbocycles. The maximum atomic E-state index is 14.5. The van der Waals surface area contributed by atoms with Crippen LogP contribution in [-0.2, 0) is 49.5 Å². The van der Waals surface area contributed by atoms with Crippen LogP contribution >= 0.6 is 21.6 Å². The molecule has 14 N–H and O–H groups in total. The third-order valence-electron chi connectivity index (χ3n) is 9.35. The van der Waals surface area contributed by atoms with Gasteiger partial charge in [0.1, 0.15) is 29.8 Å². The molecule has 342 valence electrons. The van der Waals surface area contributed by atoms with Crippen molar-refractivity contribution in [1.82, 2.24) is 31.2 Å². The summed E-state index contributed by atoms with van der Waals surface area (Å²) in [5, 5.41) is 19.9. The van der Waals surface area contributed by atoms with E-state index in [1.54, 1.807) is 33.0 Å². The van der Waals surface area contributed by atoms with E-state index < -0.39 is 96.2 Å². The largest absolute Gasteiger partial charge is 0.481 e. The van der Waals surface area contributed by atoms with Gasteiger partial charge in [0.25, 0.3) is 0 Å². The van der Waals surface area contributed by atoms with Gasteiger partial charge in [-0.1, -0.05) is 39.8 Å². The van der Waals surface area contributed by atoms with E-state index in [9.17, 15) is 38.4 Å². The van der Waals surface area contributed by atoms with Crippen LogP contribution in [0.15, 0.2) is 35.5 Å². The number of carboxylic acids is 1. The Balaban J connectivity index is 1.82. The number of fused-ring (bicyclic) bond motifs is 1. The Morgan fingerprint density at radius 3 is 2.37 bits per heavy atom. The van der Waals surface area contributed by atoms with Gasteiger partial charge < -0.3 is 63.9 Å². The Hall–Kier alpha value is -5.55. The number of ether oxygens (including phenoxy) is 1. The molecule has 0 radical (unpaired) electrons. The van der Waals surface area contributed by atoms with E-state index in [0.717, 1.165) is 10.9 Å². The number of unbranched alkanes of at least 4 members (excludes halogenated alkanes) is 1. The van der Waals surface area contributed by atoms with Crippen LogP contribution in [0.3, 0.4) is 0 Å². The van der Waals surface area contributed by atoms with Gasteiger partial charge in [-0.3, -0.25) is 43.3 Å². The second-order valence-electron chi connectivity index (χ2n) is 15.6. The molecule has 0 aliphatic carbocycles. The number of carboxylic acid groups (broad SMARTS) is 1. The summed E-state index contributed by atoms with van der Waals surface area (Å²) in [6.45, 7) is 4.79. The summed E-state index contributed by atoms with van der Waals surface area (Å²) in [4.78, 5) is 113. The summed E-state index contributed by atoms with van der Waals surface area (Å²) in [7, 11) is 2.38. The molecular formula is C39H59N11O10S2. The molecule has 3 rings (SSSR count). The van der Waals surface area contributed by atoms with Crippen LogP contribution in [0.25, 0.3) is 10.9 Å². The lowest BCUT2D eigenvalue weighted by Crippen LogP contribution is -2.59. The first-order valence-electron chi connectivity index (χ1n) is 20.1. The van der Waals surface area contributed by atoms with Crippen LogP contribution in [0.5, 0.6) is 0 Å². The molecule has 2 heterocycles. The Labute approximate surface area is 367 Å². The van der Waals surface area contributed by atoms with Gasteiger partial charge in [-0.15, -0.1) is 0 Å². The van der Waals surface area contributed by atoms with Crippen LogP contribution in [0, 0.1) is 0 Å². The smallest absolute Gasteiger partial charge is 0.308 e. The van der Waals surface area contributed by atoms with E-state index in [-0.39, 0.29) is 49.7 Å². The summed E-state index contributed by atoms with van der Waals surface area (Å²) < 4.78 is 5.44. The zero-order valence-corrected chi connectivity index (χ0v) is 36.7. The standard InChI is InChI=1S/C39H59N11O10S2/c1-39(2,3)60-32(54)18-26(47-30(51)20-46-34(56)24(40)10-6-7-14-44-38(42)43)35(57)48-27(17-22-19-45-25-11-5-4-9-23(22)25)37(59)50-15-8-12-29(50)36(58)49-28(33(41)55)21-62-61-16-13-31(52)53/h4-5,9,11,19,24,26-29,45H,6-8,10,12-18,20-21,40H2,1-3H3,(H2,41,55)(H,46,56)(H,47,51)(H,48,57)(H,49,58)(H,52,53)(H4,42,43,44)/t24-,26-,27-,28-,29-/m0/s1. The fourth-order valence-electron chi connectivity index (χ4n) is 6.38. The molecule has 0 spiro atoms. The number of aliphatic carboxylic acids is 1. The number of carbonyl (C=O) groups is 8. The van der Waals surface area contributed by atoms with Crippen molar-refractivity contribution in [1.29, 1.82) is 0 Å². The number of benzene rings is 1. The van der Waals surface area contributed by atoms with Gasteiger partial charge in [0, 0.05) is 48.1 Å². The fourth-order valence-corrected chi connectivity index (χ4v) is 8.54. The number of aromatic amines is 1. The second kappa shape index (κ2) is 24.8. The number of nitrogens with zero attached hydrogens (tertiary/aromatic N) is 2. The molecule has 1 aromatic carbocycles. The van der Waals surface area contributed by atoms with Crippen molar-refractivity contribution >= 4 is 85.8 Å². The van der Waals surface area contributed by atoms with E-state index in [0.29, 0.717) is 31.4 Å². The lowest BCUT2D eigenvalue weighted by atomic mass is 10.0. The number of nitrogens with one attached hydrogen (secondary N) is 5. The average molecular weight is 906 g/mol. The molecule has 0 bridgehead atoms. The number of carbonyl (C=O) groups excluding carboxylic acids is 7. The maximum absolute atomic E-state index is 14.5. The van der Waals surface area contributed by atoms with Gasteiger partial charge in [0.15, 0.2) is 5.96 Å². The number of primary amides is 1. The van der Waals surface area contributed by atoms with Crippen molar-refractivity contribution in [3.63, 3.8) is 0 Å². The summed E-state index contributed by atoms with van der Waals surface area (Å²) in [5.41, 5.74) is 22.7. The minimum absolute atomic E-state index is 0.0499. The lowest BCUT2D eigenvalue weighted by Gasteiger charge is -2.30. The third kappa shape index (κ3) is 17.4. The number of esters is 1. The first kappa shape index (κ1) is 50.8. The van der Waals surface area contributed by atoms with E-state index in [1.807, 2.05) is 18.2 Å². The number of hydrogen-bond acceptors (Lipinski definition) is 13. The van der Waals surface area contributed by atoms with Gasteiger partial charge in [0.05, 0.1) is 25.4 Å². The van der Waals surface area contributed by atoms with Gasteiger partial charge in [-0.25, -0.2) is 0 Å². The van der Waals surface area contributed by atoms with Gasteiger partial charge in [0.2, 0.25) is 35.4 Å². The van der Waals surface area contributed by atoms with E-state index in [2.05, 4.69) is 31.2 Å². The normalized spacial score (nSPS) is 15.7. The van der Waals surface area contributed by atoms with Crippen molar-refractivity contribution in [3.05, 3.63) is 36.0 Å². The van der Waals surface area contributed by atoms with E-state index >= 15 is 0 Å². The first-order valence-corrected chi connectivity index (χ1v) is 22.6. The van der Waals surface area contributed by atoms with Crippen LogP contribution in [0.4, 0.5) is 0 Å². The number of guanidine groups is 1. The molecular weight excluding hydrogens is 847 g/mol. The first-order chi connectivity index (χ1) is 29.2. The van der Waals surface area contributed by atoms with E-state index in [1.165, 1.54) is 26.5 Å². The molecule has 2 aromatic rings. The summed E-state index contributed by atoms with van der Waals surface area (Å²) in [5.74, 6) is -6.02. The molecule has 1 aromatic heterocycles. The SMILES string of the molecule is CC(C)(C)OC(=O)C[C@H](NC(=O)CNC(=O)[C@@H](N)CCCCN=C(N)N)C(=O)N[C@@H](Cc1c[nH]c2ccccc12)C(=O)N1CCC[C@H]1C(=O)N[C@@H](CSSCCC(=O)O)C(N)=O. The van der Waals surface area contributed by atoms with E-state index in [4.69, 9.17) is 32.8 Å². The summed E-state index contributed by atoms with van der Waals surface area (Å²) in [6.07, 6.45) is 2.93. The Kier molecular flexibility index (Phi) is 20.3. The van der Waals surface area contributed by atoms with Crippen molar-refractivity contribution in [3.8, 4) is 0 Å². The number of aliphatic imine (C=N–C) groups is 1. The average Bonchev–Trinajstić information content (AvgIpc) is 3.85. The predicted molar refractivity (Wildman–Crippen MR) is 235 cm³/mol.